The second-order valence-electron chi connectivity index (χ2n) is 4.86. The van der Waals surface area contributed by atoms with E-state index in [1.807, 2.05) is 6.92 Å². The molecule has 3 N–H and O–H groups in total. The Morgan fingerprint density at radius 1 is 1.33 bits per heavy atom. The van der Waals surface area contributed by atoms with Gasteiger partial charge in [-0.15, -0.1) is 0 Å². The molecule has 1 rings (SSSR count). The molecule has 0 spiro atoms. The Hall–Kier alpha value is -1.35. The van der Waals surface area contributed by atoms with E-state index in [-0.39, 0.29) is 17.9 Å². The first-order valence-corrected chi connectivity index (χ1v) is 6.65. The predicted octanol–water partition coefficient (Wildman–Crippen LogP) is 2.55. The van der Waals surface area contributed by atoms with Gasteiger partial charge in [-0.3, -0.25) is 4.79 Å². The van der Waals surface area contributed by atoms with Crippen LogP contribution in [-0.2, 0) is 4.79 Å². The number of amides is 1. The summed E-state index contributed by atoms with van der Waals surface area (Å²) in [5.74, 6) is -0.00433. The van der Waals surface area contributed by atoms with Gasteiger partial charge in [0.1, 0.15) is 0 Å². The lowest BCUT2D eigenvalue weighted by atomic mass is 10.0. The lowest BCUT2D eigenvalue weighted by Gasteiger charge is -2.19. The SMILES string of the molecule is CCCC(CN)C(=O)N[C@H](C)c1ccc(C)cc1. The highest BCUT2D eigenvalue weighted by Gasteiger charge is 2.18. The summed E-state index contributed by atoms with van der Waals surface area (Å²) in [4.78, 5) is 12.0. The monoisotopic (exact) mass is 248 g/mol. The van der Waals surface area contributed by atoms with Gasteiger partial charge in [-0.25, -0.2) is 0 Å². The molecule has 1 amide bonds. The van der Waals surface area contributed by atoms with Gasteiger partial charge < -0.3 is 11.1 Å². The van der Waals surface area contributed by atoms with Gasteiger partial charge in [-0.1, -0.05) is 43.2 Å². The fourth-order valence-corrected chi connectivity index (χ4v) is 1.97. The van der Waals surface area contributed by atoms with Crippen LogP contribution in [0.25, 0.3) is 0 Å². The molecule has 1 aromatic carbocycles. The normalized spacial score (nSPS) is 14.0. The second-order valence-corrected chi connectivity index (χ2v) is 4.86. The molecule has 0 heterocycles. The van der Waals surface area contributed by atoms with Crippen LogP contribution in [0.15, 0.2) is 24.3 Å². The van der Waals surface area contributed by atoms with Crippen LogP contribution >= 0.6 is 0 Å². The van der Waals surface area contributed by atoms with Gasteiger partial charge in [0, 0.05) is 6.54 Å². The Kier molecular flexibility index (Phi) is 5.86. The largest absolute Gasteiger partial charge is 0.349 e. The standard InChI is InChI=1S/C15H24N2O/c1-4-5-14(10-16)15(18)17-12(3)13-8-6-11(2)7-9-13/h6-9,12,14H,4-5,10,16H2,1-3H3,(H,17,18)/t12-,14?/m1/s1. The van der Waals surface area contributed by atoms with Crippen molar-refractivity contribution >= 4 is 5.91 Å². The summed E-state index contributed by atoms with van der Waals surface area (Å²) in [7, 11) is 0. The molecule has 3 heteroatoms. The molecule has 0 aliphatic heterocycles. The summed E-state index contributed by atoms with van der Waals surface area (Å²) in [6.07, 6.45) is 1.83. The number of carbonyl (C=O) groups excluding carboxylic acids is 1. The van der Waals surface area contributed by atoms with Crippen LogP contribution in [0.2, 0.25) is 0 Å². The molecule has 18 heavy (non-hydrogen) atoms. The number of aryl methyl sites for hydroxylation is 1. The van der Waals surface area contributed by atoms with E-state index >= 15 is 0 Å². The van der Waals surface area contributed by atoms with Crippen LogP contribution in [0, 0.1) is 12.8 Å². The van der Waals surface area contributed by atoms with Crippen LogP contribution in [0.3, 0.4) is 0 Å². The Labute approximate surface area is 110 Å². The average Bonchev–Trinajstić information content (AvgIpc) is 2.36. The molecule has 0 aliphatic rings. The van der Waals surface area contributed by atoms with Crippen molar-refractivity contribution in [2.45, 2.75) is 39.7 Å². The zero-order valence-electron chi connectivity index (χ0n) is 11.6. The third-order valence-electron chi connectivity index (χ3n) is 3.23. The maximum atomic E-state index is 12.0. The van der Waals surface area contributed by atoms with Crippen molar-refractivity contribution in [1.82, 2.24) is 5.32 Å². The van der Waals surface area contributed by atoms with E-state index in [4.69, 9.17) is 5.73 Å². The van der Waals surface area contributed by atoms with Crippen molar-refractivity contribution in [2.75, 3.05) is 6.54 Å². The Balaban J connectivity index is 2.60. The van der Waals surface area contributed by atoms with E-state index < -0.39 is 0 Å². The Morgan fingerprint density at radius 3 is 2.44 bits per heavy atom. The van der Waals surface area contributed by atoms with Crippen molar-refractivity contribution < 1.29 is 4.79 Å². The van der Waals surface area contributed by atoms with Crippen molar-refractivity contribution in [3.63, 3.8) is 0 Å². The van der Waals surface area contributed by atoms with Crippen LogP contribution in [0.1, 0.15) is 43.9 Å². The minimum atomic E-state index is -0.0668. The molecule has 100 valence electrons. The molecular weight excluding hydrogens is 224 g/mol. The summed E-state index contributed by atoms with van der Waals surface area (Å²) in [6, 6.07) is 8.26. The van der Waals surface area contributed by atoms with E-state index in [1.165, 1.54) is 5.56 Å². The van der Waals surface area contributed by atoms with Crippen molar-refractivity contribution in [3.05, 3.63) is 35.4 Å². The number of hydrogen-bond donors (Lipinski definition) is 2. The van der Waals surface area contributed by atoms with Crippen LogP contribution in [-0.4, -0.2) is 12.5 Å². The fraction of sp³-hybridized carbons (Fsp3) is 0.533. The quantitative estimate of drug-likeness (QED) is 0.813. The molecule has 0 aliphatic carbocycles. The summed E-state index contributed by atoms with van der Waals surface area (Å²) >= 11 is 0. The maximum absolute atomic E-state index is 12.0. The first kappa shape index (κ1) is 14.7. The van der Waals surface area contributed by atoms with Gasteiger partial charge in [0.05, 0.1) is 12.0 Å². The topological polar surface area (TPSA) is 55.1 Å². The summed E-state index contributed by atoms with van der Waals surface area (Å²) in [6.45, 7) is 6.54. The minimum absolute atomic E-state index is 0.0315. The maximum Gasteiger partial charge on any atom is 0.224 e. The smallest absolute Gasteiger partial charge is 0.224 e. The van der Waals surface area contributed by atoms with Gasteiger partial charge in [-0.05, 0) is 25.8 Å². The molecule has 0 aromatic heterocycles. The van der Waals surface area contributed by atoms with Gasteiger partial charge in [0.25, 0.3) is 0 Å². The molecule has 0 radical (unpaired) electrons. The van der Waals surface area contributed by atoms with E-state index in [0.29, 0.717) is 6.54 Å². The van der Waals surface area contributed by atoms with Crippen LogP contribution in [0.5, 0.6) is 0 Å². The molecule has 0 saturated heterocycles. The second kappa shape index (κ2) is 7.17. The number of hydrogen-bond acceptors (Lipinski definition) is 2. The summed E-state index contributed by atoms with van der Waals surface area (Å²) < 4.78 is 0. The molecular formula is C15H24N2O. The summed E-state index contributed by atoms with van der Waals surface area (Å²) in [5, 5.41) is 3.03. The highest BCUT2D eigenvalue weighted by Crippen LogP contribution is 2.14. The molecule has 3 nitrogen and oxygen atoms in total. The number of carbonyl (C=O) groups is 1. The van der Waals surface area contributed by atoms with Gasteiger partial charge in [0.2, 0.25) is 5.91 Å². The number of nitrogens with two attached hydrogens (primary N) is 1. The van der Waals surface area contributed by atoms with Crippen molar-refractivity contribution in [3.8, 4) is 0 Å². The molecule has 1 unspecified atom stereocenters. The van der Waals surface area contributed by atoms with Gasteiger partial charge in [-0.2, -0.15) is 0 Å². The predicted molar refractivity (Wildman–Crippen MR) is 75.2 cm³/mol. The first-order valence-electron chi connectivity index (χ1n) is 6.65. The van der Waals surface area contributed by atoms with Gasteiger partial charge >= 0.3 is 0 Å². The highest BCUT2D eigenvalue weighted by atomic mass is 16.1. The molecule has 2 atom stereocenters. The highest BCUT2D eigenvalue weighted by molar-refractivity contribution is 5.79. The van der Waals surface area contributed by atoms with Crippen LogP contribution < -0.4 is 11.1 Å². The van der Waals surface area contributed by atoms with Crippen LogP contribution in [0.4, 0.5) is 0 Å². The molecule has 0 bridgehead atoms. The van der Waals surface area contributed by atoms with E-state index in [9.17, 15) is 4.79 Å². The van der Waals surface area contributed by atoms with Crippen molar-refractivity contribution in [2.24, 2.45) is 11.7 Å². The number of rotatable bonds is 6. The Bertz CT molecular complexity index is 373. The Morgan fingerprint density at radius 2 is 1.94 bits per heavy atom. The minimum Gasteiger partial charge on any atom is -0.349 e. The van der Waals surface area contributed by atoms with E-state index in [0.717, 1.165) is 18.4 Å². The zero-order valence-corrected chi connectivity index (χ0v) is 11.6. The van der Waals surface area contributed by atoms with Gasteiger partial charge in [0.15, 0.2) is 0 Å². The average molecular weight is 248 g/mol. The third kappa shape index (κ3) is 4.15. The molecule has 0 saturated carbocycles. The van der Waals surface area contributed by atoms with Crippen molar-refractivity contribution in [1.29, 1.82) is 0 Å². The number of benzene rings is 1. The third-order valence-corrected chi connectivity index (χ3v) is 3.23. The molecule has 0 fully saturated rings. The summed E-state index contributed by atoms with van der Waals surface area (Å²) in [5.41, 5.74) is 7.98. The molecule has 1 aromatic rings. The fourth-order valence-electron chi connectivity index (χ4n) is 1.97. The lowest BCUT2D eigenvalue weighted by Crippen LogP contribution is -2.36. The number of nitrogens with one attached hydrogen (secondary N) is 1. The first-order chi connectivity index (χ1) is 8.58. The van der Waals surface area contributed by atoms with E-state index in [2.05, 4.69) is 43.4 Å². The lowest BCUT2D eigenvalue weighted by molar-refractivity contribution is -0.125. The zero-order chi connectivity index (χ0) is 13.5. The van der Waals surface area contributed by atoms with E-state index in [1.54, 1.807) is 0 Å².